The Morgan fingerprint density at radius 2 is 1.71 bits per heavy atom. The highest BCUT2D eigenvalue weighted by Crippen LogP contribution is 2.29. The van der Waals surface area contributed by atoms with E-state index in [1.165, 1.54) is 36.0 Å². The summed E-state index contributed by atoms with van der Waals surface area (Å²) in [5, 5.41) is 11.3. The van der Waals surface area contributed by atoms with Crippen molar-refractivity contribution in [2.45, 2.75) is 34.2 Å². The van der Waals surface area contributed by atoms with Crippen molar-refractivity contribution in [2.75, 3.05) is 0 Å². The van der Waals surface area contributed by atoms with Gasteiger partial charge in [0.1, 0.15) is 0 Å². The Morgan fingerprint density at radius 3 is 2.32 bits per heavy atom. The molecule has 0 aliphatic rings. The molecule has 0 atom stereocenters. The van der Waals surface area contributed by atoms with Gasteiger partial charge < -0.3 is 4.57 Å². The highest BCUT2D eigenvalue weighted by molar-refractivity contribution is 7.98. The number of aryl methyl sites for hydroxylation is 1. The molecule has 28 heavy (non-hydrogen) atoms. The van der Waals surface area contributed by atoms with E-state index in [9.17, 15) is 16.8 Å². The van der Waals surface area contributed by atoms with Crippen molar-refractivity contribution in [3.63, 3.8) is 0 Å². The molecule has 0 amide bonds. The maximum absolute atomic E-state index is 11.6. The SMILES string of the molecule is CCn1c(SCc2cc(Cl)cc(S(N)(=O)=O)c2)nc2cc(S(N)(=O)=O)ccc21. The third-order valence-electron chi connectivity index (χ3n) is 3.96. The van der Waals surface area contributed by atoms with Gasteiger partial charge in [-0.15, -0.1) is 0 Å². The van der Waals surface area contributed by atoms with Gasteiger partial charge in [0.2, 0.25) is 20.0 Å². The topological polar surface area (TPSA) is 138 Å². The minimum absolute atomic E-state index is 0.00932. The Bertz CT molecular complexity index is 1270. The van der Waals surface area contributed by atoms with E-state index in [2.05, 4.69) is 4.98 Å². The second-order valence-electron chi connectivity index (χ2n) is 5.96. The monoisotopic (exact) mass is 460 g/mol. The first-order valence-electron chi connectivity index (χ1n) is 7.97. The number of halogens is 1. The van der Waals surface area contributed by atoms with Crippen molar-refractivity contribution < 1.29 is 16.8 Å². The van der Waals surface area contributed by atoms with Gasteiger partial charge in [-0.2, -0.15) is 0 Å². The number of primary sulfonamides is 2. The number of aromatic nitrogens is 2. The third-order valence-corrected chi connectivity index (χ3v) is 7.03. The molecule has 12 heteroatoms. The van der Waals surface area contributed by atoms with Gasteiger partial charge in [-0.3, -0.25) is 0 Å². The normalized spacial score (nSPS) is 12.6. The van der Waals surface area contributed by atoms with Crippen LogP contribution < -0.4 is 10.3 Å². The van der Waals surface area contributed by atoms with E-state index in [0.717, 1.165) is 5.52 Å². The fourth-order valence-electron chi connectivity index (χ4n) is 2.70. The number of sulfonamides is 2. The summed E-state index contributed by atoms with van der Waals surface area (Å²) in [4.78, 5) is 4.43. The molecule has 0 saturated heterocycles. The van der Waals surface area contributed by atoms with Crippen molar-refractivity contribution in [3.05, 3.63) is 47.0 Å². The van der Waals surface area contributed by atoms with Crippen LogP contribution in [-0.4, -0.2) is 26.4 Å². The molecule has 4 N–H and O–H groups in total. The van der Waals surface area contributed by atoms with Crippen LogP contribution in [0.1, 0.15) is 12.5 Å². The van der Waals surface area contributed by atoms with Crippen LogP contribution in [0, 0.1) is 0 Å². The molecular weight excluding hydrogens is 444 g/mol. The molecule has 1 aromatic heterocycles. The van der Waals surface area contributed by atoms with E-state index in [0.29, 0.717) is 28.5 Å². The van der Waals surface area contributed by atoms with E-state index in [-0.39, 0.29) is 14.8 Å². The van der Waals surface area contributed by atoms with E-state index in [1.54, 1.807) is 12.1 Å². The first-order valence-corrected chi connectivity index (χ1v) is 12.4. The Labute approximate surface area is 172 Å². The van der Waals surface area contributed by atoms with Crippen molar-refractivity contribution in [1.29, 1.82) is 0 Å². The molecule has 3 rings (SSSR count). The van der Waals surface area contributed by atoms with Crippen LogP contribution >= 0.6 is 23.4 Å². The summed E-state index contributed by atoms with van der Waals surface area (Å²) in [5.41, 5.74) is 1.95. The maximum Gasteiger partial charge on any atom is 0.238 e. The molecular formula is C16H17ClN4O4S3. The fourth-order valence-corrected chi connectivity index (χ4v) is 5.17. The molecule has 8 nitrogen and oxygen atoms in total. The molecule has 0 aliphatic carbocycles. The predicted molar refractivity (Wildman–Crippen MR) is 109 cm³/mol. The fraction of sp³-hybridized carbons (Fsp3) is 0.188. The zero-order chi connectivity index (χ0) is 20.7. The van der Waals surface area contributed by atoms with Gasteiger partial charge in [0.25, 0.3) is 0 Å². The zero-order valence-corrected chi connectivity index (χ0v) is 17.9. The van der Waals surface area contributed by atoms with Gasteiger partial charge in [0.05, 0.1) is 20.8 Å². The number of thioether (sulfide) groups is 1. The summed E-state index contributed by atoms with van der Waals surface area (Å²) >= 11 is 7.37. The minimum Gasteiger partial charge on any atom is -0.319 e. The van der Waals surface area contributed by atoms with Gasteiger partial charge in [-0.25, -0.2) is 32.1 Å². The summed E-state index contributed by atoms with van der Waals surface area (Å²) < 4.78 is 48.2. The largest absolute Gasteiger partial charge is 0.319 e. The molecule has 0 fully saturated rings. The zero-order valence-electron chi connectivity index (χ0n) is 14.7. The lowest BCUT2D eigenvalue weighted by atomic mass is 10.2. The molecule has 2 aromatic carbocycles. The average molecular weight is 461 g/mol. The van der Waals surface area contributed by atoms with Crippen LogP contribution in [0.25, 0.3) is 11.0 Å². The number of nitrogens with two attached hydrogens (primary N) is 2. The Balaban J connectivity index is 1.96. The van der Waals surface area contributed by atoms with Crippen molar-refractivity contribution >= 4 is 54.4 Å². The highest BCUT2D eigenvalue weighted by Gasteiger charge is 2.16. The molecule has 0 unspecified atom stereocenters. The minimum atomic E-state index is -3.87. The van der Waals surface area contributed by atoms with Gasteiger partial charge in [-0.1, -0.05) is 23.4 Å². The summed E-state index contributed by atoms with van der Waals surface area (Å²) in [7, 11) is -7.69. The molecule has 1 heterocycles. The number of benzene rings is 2. The molecule has 0 spiro atoms. The number of imidazole rings is 1. The van der Waals surface area contributed by atoms with Crippen LogP contribution in [0.2, 0.25) is 5.02 Å². The summed E-state index contributed by atoms with van der Waals surface area (Å²) in [6, 6.07) is 8.94. The second kappa shape index (κ2) is 7.65. The van der Waals surface area contributed by atoms with Crippen LogP contribution in [0.3, 0.4) is 0 Å². The lowest BCUT2D eigenvalue weighted by Crippen LogP contribution is -2.12. The Morgan fingerprint density at radius 1 is 1.04 bits per heavy atom. The van der Waals surface area contributed by atoms with Crippen LogP contribution in [0.15, 0.2) is 51.3 Å². The number of nitrogens with zero attached hydrogens (tertiary/aromatic N) is 2. The van der Waals surface area contributed by atoms with Gasteiger partial charge in [0.15, 0.2) is 5.16 Å². The molecule has 150 valence electrons. The third kappa shape index (κ3) is 4.50. The summed E-state index contributed by atoms with van der Waals surface area (Å²) in [6.45, 7) is 2.56. The molecule has 0 bridgehead atoms. The smallest absolute Gasteiger partial charge is 0.238 e. The van der Waals surface area contributed by atoms with Crippen molar-refractivity contribution in [3.8, 4) is 0 Å². The lowest BCUT2D eigenvalue weighted by Gasteiger charge is -2.07. The van der Waals surface area contributed by atoms with Crippen LogP contribution in [-0.2, 0) is 32.3 Å². The maximum atomic E-state index is 11.6. The quantitative estimate of drug-likeness (QED) is 0.541. The molecule has 3 aromatic rings. The van der Waals surface area contributed by atoms with Gasteiger partial charge in [-0.05, 0) is 48.9 Å². The predicted octanol–water partition coefficient (Wildman–Crippen LogP) is 2.30. The first kappa shape index (κ1) is 21.1. The Hall–Kier alpha value is -1.63. The number of fused-ring (bicyclic) bond motifs is 1. The van der Waals surface area contributed by atoms with E-state index < -0.39 is 20.0 Å². The number of hydrogen-bond donors (Lipinski definition) is 2. The molecule has 0 radical (unpaired) electrons. The van der Waals surface area contributed by atoms with Crippen molar-refractivity contribution in [1.82, 2.24) is 9.55 Å². The van der Waals surface area contributed by atoms with Crippen LogP contribution in [0.5, 0.6) is 0 Å². The average Bonchev–Trinajstić information content (AvgIpc) is 2.94. The van der Waals surface area contributed by atoms with Crippen molar-refractivity contribution in [2.24, 2.45) is 10.3 Å². The summed E-state index contributed by atoms with van der Waals surface area (Å²) in [6.07, 6.45) is 0. The van der Waals surface area contributed by atoms with E-state index in [1.807, 2.05) is 11.5 Å². The number of hydrogen-bond acceptors (Lipinski definition) is 6. The second-order valence-corrected chi connectivity index (χ2v) is 10.5. The Kier molecular flexibility index (Phi) is 5.76. The van der Waals surface area contributed by atoms with Gasteiger partial charge in [0, 0.05) is 17.3 Å². The highest BCUT2D eigenvalue weighted by atomic mass is 35.5. The van der Waals surface area contributed by atoms with E-state index in [4.69, 9.17) is 21.9 Å². The molecule has 0 saturated carbocycles. The van der Waals surface area contributed by atoms with Gasteiger partial charge >= 0.3 is 0 Å². The standard InChI is InChI=1S/C16H17ClN4O4S3/c1-2-21-15-4-3-12(27(18,22)23)8-14(15)20-16(21)26-9-10-5-11(17)7-13(6-10)28(19,24)25/h3-8H,2,9H2,1H3,(H2,18,22,23)(H2,19,24,25). The summed E-state index contributed by atoms with van der Waals surface area (Å²) in [5.74, 6) is 0.397. The lowest BCUT2D eigenvalue weighted by molar-refractivity contribution is 0.596. The van der Waals surface area contributed by atoms with Crippen LogP contribution in [0.4, 0.5) is 0 Å². The number of rotatable bonds is 6. The first-order chi connectivity index (χ1) is 13.0. The molecule has 0 aliphatic heterocycles. The van der Waals surface area contributed by atoms with E-state index >= 15 is 0 Å².